The molecule has 22 heavy (non-hydrogen) atoms. The lowest BCUT2D eigenvalue weighted by atomic mass is 10.3. The Morgan fingerprint density at radius 3 is 2.68 bits per heavy atom. The molecule has 1 aliphatic carbocycles. The zero-order valence-electron chi connectivity index (χ0n) is 12.3. The maximum atomic E-state index is 12.3. The van der Waals surface area contributed by atoms with Gasteiger partial charge in [0.2, 0.25) is 11.0 Å². The van der Waals surface area contributed by atoms with Crippen molar-refractivity contribution in [1.29, 1.82) is 0 Å². The minimum Gasteiger partial charge on any atom is -0.317 e. The maximum absolute atomic E-state index is 12.3. The van der Waals surface area contributed by atoms with Crippen LogP contribution in [0.5, 0.6) is 0 Å². The van der Waals surface area contributed by atoms with Crippen LogP contribution in [0.25, 0.3) is 0 Å². The number of thiophene rings is 1. The van der Waals surface area contributed by atoms with Crippen molar-refractivity contribution >= 4 is 44.6 Å². The van der Waals surface area contributed by atoms with Crippen molar-refractivity contribution in [3.63, 3.8) is 0 Å². The number of nitrogens with zero attached hydrogens (tertiary/aromatic N) is 2. The van der Waals surface area contributed by atoms with Crippen LogP contribution in [0.15, 0.2) is 6.07 Å². The Balaban J connectivity index is 1.68. The van der Waals surface area contributed by atoms with Gasteiger partial charge in [-0.3, -0.25) is 14.9 Å². The Hall–Kier alpha value is -1.80. The minimum atomic E-state index is -0.215. The molecule has 2 aromatic heterocycles. The lowest BCUT2D eigenvalue weighted by molar-refractivity contribution is -0.117. The number of hydrogen-bond acceptors (Lipinski definition) is 6. The number of aryl methyl sites for hydroxylation is 2. The highest BCUT2D eigenvalue weighted by Gasteiger charge is 2.30. The van der Waals surface area contributed by atoms with E-state index in [0.29, 0.717) is 15.0 Å². The van der Waals surface area contributed by atoms with E-state index >= 15 is 0 Å². The molecule has 2 amide bonds. The summed E-state index contributed by atoms with van der Waals surface area (Å²) >= 11 is 2.66. The van der Waals surface area contributed by atoms with Gasteiger partial charge < -0.3 is 5.32 Å². The molecule has 3 rings (SSSR count). The average molecular weight is 336 g/mol. The first kappa shape index (κ1) is 15.1. The number of amides is 2. The number of rotatable bonds is 5. The molecule has 6 nitrogen and oxygen atoms in total. The number of hydrogen-bond donors (Lipinski definition) is 2. The fraction of sp³-hybridized carbons (Fsp3) is 0.429. The smallest absolute Gasteiger partial charge is 0.267 e. The summed E-state index contributed by atoms with van der Waals surface area (Å²) in [6, 6.07) is 1.83. The third kappa shape index (κ3) is 3.33. The van der Waals surface area contributed by atoms with Crippen LogP contribution in [0.1, 0.15) is 40.0 Å². The highest BCUT2D eigenvalue weighted by molar-refractivity contribution is 7.18. The summed E-state index contributed by atoms with van der Waals surface area (Å²) in [5, 5.41) is 15.6. The van der Waals surface area contributed by atoms with Gasteiger partial charge in [-0.1, -0.05) is 18.3 Å². The second kappa shape index (κ2) is 6.13. The van der Waals surface area contributed by atoms with Crippen molar-refractivity contribution in [2.24, 2.45) is 5.92 Å². The van der Waals surface area contributed by atoms with E-state index in [9.17, 15) is 9.59 Å². The topological polar surface area (TPSA) is 84.0 Å². The van der Waals surface area contributed by atoms with Crippen LogP contribution in [0, 0.1) is 12.8 Å². The Labute approximate surface area is 136 Å². The maximum Gasteiger partial charge on any atom is 0.267 e. The molecule has 0 radical (unpaired) electrons. The number of anilines is 2. The van der Waals surface area contributed by atoms with Gasteiger partial charge in [0.05, 0.1) is 9.88 Å². The van der Waals surface area contributed by atoms with Gasteiger partial charge >= 0.3 is 0 Å². The molecular weight excluding hydrogens is 320 g/mol. The first-order valence-corrected chi connectivity index (χ1v) is 8.75. The Morgan fingerprint density at radius 2 is 2.05 bits per heavy atom. The molecule has 0 atom stereocenters. The summed E-state index contributed by atoms with van der Waals surface area (Å²) in [6.07, 6.45) is 2.71. The number of carbonyl (C=O) groups excluding carboxylic acids is 2. The lowest BCUT2D eigenvalue weighted by Crippen LogP contribution is -2.12. The highest BCUT2D eigenvalue weighted by atomic mass is 32.1. The van der Waals surface area contributed by atoms with Gasteiger partial charge in [0.1, 0.15) is 5.01 Å². The standard InChI is InChI=1S/C14H16N4O2S2/c1-3-9-17-18-14(22-9)16-13(20)11-7(2)6-10(21-11)15-12(19)8-4-5-8/h6,8H,3-5H2,1-2H3,(H,15,19)(H,16,18,20). The van der Waals surface area contributed by atoms with Crippen molar-refractivity contribution in [2.45, 2.75) is 33.1 Å². The van der Waals surface area contributed by atoms with Gasteiger partial charge in [-0.05, 0) is 37.8 Å². The molecule has 0 bridgehead atoms. The first-order chi connectivity index (χ1) is 10.6. The van der Waals surface area contributed by atoms with Gasteiger partial charge in [0.15, 0.2) is 0 Å². The van der Waals surface area contributed by atoms with Crippen LogP contribution in [-0.2, 0) is 11.2 Å². The predicted octanol–water partition coefficient (Wildman–Crippen LogP) is 3.07. The fourth-order valence-electron chi connectivity index (χ4n) is 1.94. The molecule has 0 unspecified atom stereocenters. The van der Waals surface area contributed by atoms with Gasteiger partial charge in [-0.15, -0.1) is 21.5 Å². The van der Waals surface area contributed by atoms with Crippen molar-refractivity contribution in [3.05, 3.63) is 21.5 Å². The first-order valence-electron chi connectivity index (χ1n) is 7.12. The second-order valence-electron chi connectivity index (χ2n) is 5.19. The quantitative estimate of drug-likeness (QED) is 0.879. The molecule has 1 saturated carbocycles. The van der Waals surface area contributed by atoms with Gasteiger partial charge in [0, 0.05) is 5.92 Å². The van der Waals surface area contributed by atoms with E-state index in [4.69, 9.17) is 0 Å². The van der Waals surface area contributed by atoms with E-state index in [1.54, 1.807) is 0 Å². The number of aromatic nitrogens is 2. The monoisotopic (exact) mass is 336 g/mol. The summed E-state index contributed by atoms with van der Waals surface area (Å²) < 4.78 is 0. The van der Waals surface area contributed by atoms with Crippen LogP contribution in [0.4, 0.5) is 10.1 Å². The summed E-state index contributed by atoms with van der Waals surface area (Å²) in [5.74, 6) is -0.0216. The van der Waals surface area contributed by atoms with Crippen molar-refractivity contribution in [2.75, 3.05) is 10.6 Å². The molecule has 2 N–H and O–H groups in total. The van der Waals surface area contributed by atoms with Crippen LogP contribution < -0.4 is 10.6 Å². The fourth-order valence-corrected chi connectivity index (χ4v) is 3.58. The zero-order valence-corrected chi connectivity index (χ0v) is 13.9. The lowest BCUT2D eigenvalue weighted by Gasteiger charge is -2.00. The van der Waals surface area contributed by atoms with Crippen LogP contribution in [-0.4, -0.2) is 22.0 Å². The number of nitrogens with one attached hydrogen (secondary N) is 2. The van der Waals surface area contributed by atoms with E-state index in [-0.39, 0.29) is 17.7 Å². The largest absolute Gasteiger partial charge is 0.317 e. The van der Waals surface area contributed by atoms with E-state index in [0.717, 1.165) is 29.8 Å². The second-order valence-corrected chi connectivity index (χ2v) is 7.31. The molecule has 1 fully saturated rings. The van der Waals surface area contributed by atoms with Crippen LogP contribution >= 0.6 is 22.7 Å². The summed E-state index contributed by atoms with van der Waals surface area (Å²) in [5.41, 5.74) is 0.842. The van der Waals surface area contributed by atoms with Crippen LogP contribution in [0.3, 0.4) is 0 Å². The average Bonchev–Trinajstić information content (AvgIpc) is 3.14. The van der Waals surface area contributed by atoms with Crippen molar-refractivity contribution in [3.8, 4) is 0 Å². The minimum absolute atomic E-state index is 0.0462. The zero-order chi connectivity index (χ0) is 15.7. The Morgan fingerprint density at radius 1 is 1.27 bits per heavy atom. The molecule has 2 aromatic rings. The molecule has 1 aliphatic rings. The SMILES string of the molecule is CCc1nnc(NC(=O)c2sc(NC(=O)C3CC3)cc2C)s1. The van der Waals surface area contributed by atoms with Gasteiger partial charge in [-0.25, -0.2) is 0 Å². The highest BCUT2D eigenvalue weighted by Crippen LogP contribution is 2.33. The van der Waals surface area contributed by atoms with E-state index in [1.165, 1.54) is 22.7 Å². The molecule has 8 heteroatoms. The third-order valence-corrected chi connectivity index (χ3v) is 5.44. The van der Waals surface area contributed by atoms with E-state index in [1.807, 2.05) is 19.9 Å². The van der Waals surface area contributed by atoms with Gasteiger partial charge in [0.25, 0.3) is 5.91 Å². The van der Waals surface area contributed by atoms with Crippen molar-refractivity contribution in [1.82, 2.24) is 10.2 Å². The summed E-state index contributed by atoms with van der Waals surface area (Å²) in [7, 11) is 0. The normalized spacial score (nSPS) is 13.9. The third-order valence-electron chi connectivity index (χ3n) is 3.31. The Bertz CT molecular complexity index is 718. The van der Waals surface area contributed by atoms with Crippen LogP contribution in [0.2, 0.25) is 0 Å². The van der Waals surface area contributed by atoms with Gasteiger partial charge in [-0.2, -0.15) is 0 Å². The van der Waals surface area contributed by atoms with Crippen molar-refractivity contribution < 1.29 is 9.59 Å². The molecule has 0 saturated heterocycles. The number of carbonyl (C=O) groups is 2. The summed E-state index contributed by atoms with van der Waals surface area (Å²) in [6.45, 7) is 3.85. The molecular formula is C14H16N4O2S2. The molecule has 2 heterocycles. The molecule has 0 aliphatic heterocycles. The van der Waals surface area contributed by atoms with E-state index in [2.05, 4.69) is 20.8 Å². The predicted molar refractivity (Wildman–Crippen MR) is 87.6 cm³/mol. The Kier molecular flexibility index (Phi) is 4.21. The van der Waals surface area contributed by atoms with E-state index < -0.39 is 0 Å². The molecule has 116 valence electrons. The molecule has 0 spiro atoms. The molecule has 0 aromatic carbocycles. The summed E-state index contributed by atoms with van der Waals surface area (Å²) in [4.78, 5) is 24.7.